The molecule has 2 fully saturated rings. The molecule has 2 aliphatic heterocycles. The molecule has 1 amide bonds. The van der Waals surface area contributed by atoms with E-state index in [9.17, 15) is 14.4 Å². The van der Waals surface area contributed by atoms with Gasteiger partial charge in [0.15, 0.2) is 0 Å². The predicted molar refractivity (Wildman–Crippen MR) is 78.5 cm³/mol. The highest BCUT2D eigenvalue weighted by molar-refractivity contribution is 5.93. The summed E-state index contributed by atoms with van der Waals surface area (Å²) in [5, 5.41) is 2.88. The third-order valence-corrected chi connectivity index (χ3v) is 3.85. The van der Waals surface area contributed by atoms with E-state index in [0.717, 1.165) is 5.56 Å². The van der Waals surface area contributed by atoms with Crippen LogP contribution in [0, 0.1) is 0 Å². The molecule has 0 unspecified atom stereocenters. The number of ether oxygens (including phenoxy) is 2. The van der Waals surface area contributed by atoms with Gasteiger partial charge < -0.3 is 19.7 Å². The first kappa shape index (κ1) is 15.1. The van der Waals surface area contributed by atoms with Crippen molar-refractivity contribution in [3.05, 3.63) is 47.7 Å². The van der Waals surface area contributed by atoms with Crippen LogP contribution in [0.15, 0.2) is 42.1 Å². The average molecular weight is 316 g/mol. The number of β-lactam (4-membered cyclic amide) rings is 1. The summed E-state index contributed by atoms with van der Waals surface area (Å²) in [4.78, 5) is 36.7. The largest absolute Gasteiger partial charge is 0.466 e. The van der Waals surface area contributed by atoms with Crippen molar-refractivity contribution in [2.24, 2.45) is 0 Å². The minimum atomic E-state index is -0.902. The van der Waals surface area contributed by atoms with Gasteiger partial charge in [0.25, 0.3) is 0 Å². The van der Waals surface area contributed by atoms with E-state index in [1.165, 1.54) is 18.1 Å². The van der Waals surface area contributed by atoms with Crippen LogP contribution in [0.5, 0.6) is 0 Å². The van der Waals surface area contributed by atoms with Crippen molar-refractivity contribution in [1.82, 2.24) is 10.2 Å². The summed E-state index contributed by atoms with van der Waals surface area (Å²) < 4.78 is 9.83. The molecule has 7 nitrogen and oxygen atoms in total. The maximum atomic E-state index is 12.2. The van der Waals surface area contributed by atoms with Crippen LogP contribution in [0.4, 0.5) is 0 Å². The molecule has 7 heteroatoms. The van der Waals surface area contributed by atoms with Gasteiger partial charge in [0.1, 0.15) is 6.61 Å². The molecule has 0 bridgehead atoms. The zero-order valence-corrected chi connectivity index (χ0v) is 12.5. The van der Waals surface area contributed by atoms with Gasteiger partial charge in [0.05, 0.1) is 19.6 Å². The van der Waals surface area contributed by atoms with E-state index in [2.05, 4.69) is 10.1 Å². The van der Waals surface area contributed by atoms with Gasteiger partial charge in [-0.05, 0) is 5.56 Å². The molecule has 2 aliphatic rings. The Morgan fingerprint density at radius 1 is 1.35 bits per heavy atom. The van der Waals surface area contributed by atoms with E-state index in [0.29, 0.717) is 5.70 Å². The van der Waals surface area contributed by atoms with Crippen molar-refractivity contribution in [2.75, 3.05) is 7.11 Å². The van der Waals surface area contributed by atoms with Gasteiger partial charge in [0.2, 0.25) is 12.1 Å². The molecule has 1 N–H and O–H groups in total. The van der Waals surface area contributed by atoms with E-state index >= 15 is 0 Å². The summed E-state index contributed by atoms with van der Waals surface area (Å²) in [6.07, 6.45) is 0.619. The molecule has 2 saturated heterocycles. The number of methoxy groups -OCH3 is 1. The molecule has 2 heterocycles. The summed E-state index contributed by atoms with van der Waals surface area (Å²) >= 11 is 0. The number of rotatable bonds is 4. The predicted octanol–water partition coefficient (Wildman–Crippen LogP) is 0.317. The number of hydrogen-bond acceptors (Lipinski definition) is 6. The van der Waals surface area contributed by atoms with Crippen LogP contribution in [-0.4, -0.2) is 42.1 Å². The number of benzene rings is 1. The third kappa shape index (κ3) is 2.90. The lowest BCUT2D eigenvalue weighted by Crippen LogP contribution is -2.56. The second kappa shape index (κ2) is 6.12. The lowest BCUT2D eigenvalue weighted by Gasteiger charge is -2.35. The molecule has 0 saturated carbocycles. The van der Waals surface area contributed by atoms with Crippen molar-refractivity contribution >= 4 is 17.8 Å². The Hall–Kier alpha value is -2.83. The van der Waals surface area contributed by atoms with Crippen LogP contribution in [0.25, 0.3) is 0 Å². The molecule has 0 aromatic heterocycles. The number of esters is 2. The number of fused-ring (bicyclic) bond motifs is 1. The van der Waals surface area contributed by atoms with E-state index < -0.39 is 18.1 Å². The molecular weight excluding hydrogens is 300 g/mol. The molecule has 120 valence electrons. The molecule has 0 aliphatic carbocycles. The van der Waals surface area contributed by atoms with Gasteiger partial charge in [-0.2, -0.15) is 0 Å². The minimum Gasteiger partial charge on any atom is -0.466 e. The van der Waals surface area contributed by atoms with E-state index in [-0.39, 0.29) is 25.0 Å². The van der Waals surface area contributed by atoms with Crippen molar-refractivity contribution in [1.29, 1.82) is 0 Å². The summed E-state index contributed by atoms with van der Waals surface area (Å²) in [6, 6.07) is 8.96. The topological polar surface area (TPSA) is 84.9 Å². The molecule has 3 rings (SSSR count). The highest BCUT2D eigenvalue weighted by atomic mass is 16.5. The molecule has 2 atom stereocenters. The lowest BCUT2D eigenvalue weighted by atomic mass is 10.0. The van der Waals surface area contributed by atoms with Crippen molar-refractivity contribution < 1.29 is 23.9 Å². The normalized spacial score (nSPS) is 23.8. The summed E-state index contributed by atoms with van der Waals surface area (Å²) in [6.45, 7) is 0.126. The number of carbonyl (C=O) groups excluding carboxylic acids is 3. The zero-order valence-electron chi connectivity index (χ0n) is 12.5. The van der Waals surface area contributed by atoms with Crippen LogP contribution >= 0.6 is 0 Å². The first-order valence-electron chi connectivity index (χ1n) is 7.18. The van der Waals surface area contributed by atoms with E-state index in [1.54, 1.807) is 0 Å². The molecule has 1 aromatic carbocycles. The number of nitrogens with one attached hydrogen (secondary N) is 1. The van der Waals surface area contributed by atoms with E-state index in [1.807, 2.05) is 30.3 Å². The smallest absolute Gasteiger partial charge is 0.350 e. The Bertz CT molecular complexity index is 670. The van der Waals surface area contributed by atoms with Crippen LogP contribution in [0.3, 0.4) is 0 Å². The Labute approximate surface area is 132 Å². The zero-order chi connectivity index (χ0) is 16.4. The fourth-order valence-electron chi connectivity index (χ4n) is 2.64. The lowest BCUT2D eigenvalue weighted by molar-refractivity contribution is -0.161. The molecule has 23 heavy (non-hydrogen) atoms. The Kier molecular flexibility index (Phi) is 4.01. The third-order valence-electron chi connectivity index (χ3n) is 3.85. The first-order valence-corrected chi connectivity index (χ1v) is 7.18. The quantitative estimate of drug-likeness (QED) is 0.489. The molecule has 0 spiro atoms. The Morgan fingerprint density at radius 2 is 2.09 bits per heavy atom. The number of carbonyl (C=O) groups is 3. The number of amides is 1. The van der Waals surface area contributed by atoms with Gasteiger partial charge in [-0.15, -0.1) is 0 Å². The van der Waals surface area contributed by atoms with Crippen molar-refractivity contribution in [3.8, 4) is 0 Å². The van der Waals surface area contributed by atoms with Gasteiger partial charge in [0, 0.05) is 11.8 Å². The minimum absolute atomic E-state index is 0.126. The monoisotopic (exact) mass is 316 g/mol. The van der Waals surface area contributed by atoms with E-state index in [4.69, 9.17) is 4.74 Å². The fraction of sp³-hybridized carbons (Fsp3) is 0.312. The molecule has 0 radical (unpaired) electrons. The van der Waals surface area contributed by atoms with Crippen molar-refractivity contribution in [3.63, 3.8) is 0 Å². The summed E-state index contributed by atoms with van der Waals surface area (Å²) in [7, 11) is 1.27. The molecule has 1 aromatic rings. The second-order valence-corrected chi connectivity index (χ2v) is 5.28. The fourth-order valence-corrected chi connectivity index (χ4v) is 2.64. The highest BCUT2D eigenvalue weighted by Gasteiger charge is 2.52. The summed E-state index contributed by atoms with van der Waals surface area (Å²) in [5.41, 5.74) is 1.36. The number of hydrogen-bond donors (Lipinski definition) is 1. The first-order chi connectivity index (χ1) is 11.1. The summed E-state index contributed by atoms with van der Waals surface area (Å²) in [5.74, 6) is -1.25. The Balaban J connectivity index is 1.67. The maximum absolute atomic E-state index is 12.2. The van der Waals surface area contributed by atoms with Gasteiger partial charge in [-0.25, -0.2) is 9.59 Å². The van der Waals surface area contributed by atoms with Crippen LogP contribution in [-0.2, 0) is 30.5 Å². The van der Waals surface area contributed by atoms with Crippen molar-refractivity contribution in [2.45, 2.75) is 25.2 Å². The van der Waals surface area contributed by atoms with Crippen LogP contribution in [0.2, 0.25) is 0 Å². The average Bonchev–Trinajstić information content (AvgIpc) is 2.85. The van der Waals surface area contributed by atoms with Gasteiger partial charge in [-0.3, -0.25) is 4.79 Å². The maximum Gasteiger partial charge on any atom is 0.350 e. The number of nitrogens with zero attached hydrogens (tertiary/aromatic N) is 1. The SMILES string of the molecule is COC(=O)/C=C1\N[C@H](C(=O)OCc2ccccc2)N2C(=O)C[C@H]12. The van der Waals surface area contributed by atoms with Crippen LogP contribution in [0.1, 0.15) is 12.0 Å². The standard InChI is InChI=1S/C16H16N2O5/c1-22-14(20)7-11-12-8-13(19)18(12)15(17-11)16(21)23-9-10-5-3-2-4-6-10/h2-7,12,15,17H,8-9H2,1H3/b11-7-/t12-,15+/m1/s1. The van der Waals surface area contributed by atoms with Crippen LogP contribution < -0.4 is 5.32 Å². The van der Waals surface area contributed by atoms with Gasteiger partial charge >= 0.3 is 11.9 Å². The Morgan fingerprint density at radius 3 is 2.74 bits per heavy atom. The highest BCUT2D eigenvalue weighted by Crippen LogP contribution is 2.33. The second-order valence-electron chi connectivity index (χ2n) is 5.28. The van der Waals surface area contributed by atoms with Gasteiger partial charge in [-0.1, -0.05) is 30.3 Å². The molecular formula is C16H16N2O5.